The van der Waals surface area contributed by atoms with E-state index in [0.29, 0.717) is 17.0 Å². The molecule has 5 heteroatoms. The molecule has 0 spiro atoms. The van der Waals surface area contributed by atoms with Crippen molar-refractivity contribution in [1.29, 1.82) is 0 Å². The van der Waals surface area contributed by atoms with E-state index in [0.717, 1.165) is 36.8 Å². The summed E-state index contributed by atoms with van der Waals surface area (Å²) in [5.74, 6) is 0.315. The Morgan fingerprint density at radius 3 is 2.05 bits per heavy atom. The van der Waals surface area contributed by atoms with E-state index in [1.165, 1.54) is 6.42 Å². The van der Waals surface area contributed by atoms with Crippen molar-refractivity contribution in [3.05, 3.63) is 95.6 Å². The molecule has 1 atom stereocenters. The van der Waals surface area contributed by atoms with Crippen LogP contribution in [0.15, 0.2) is 78.9 Å². The first-order valence-electron chi connectivity index (χ1n) is 13.2. The van der Waals surface area contributed by atoms with Crippen LogP contribution in [0.2, 0.25) is 0 Å². The minimum absolute atomic E-state index is 0.0272. The lowest BCUT2D eigenvalue weighted by Crippen LogP contribution is -2.47. The fourth-order valence-corrected chi connectivity index (χ4v) is 4.96. The molecule has 3 aromatic rings. The lowest BCUT2D eigenvalue weighted by Gasteiger charge is -2.34. The van der Waals surface area contributed by atoms with Crippen LogP contribution >= 0.6 is 0 Å². The third-order valence-electron chi connectivity index (χ3n) is 7.14. The summed E-state index contributed by atoms with van der Waals surface area (Å²) in [5.41, 5.74) is 3.09. The summed E-state index contributed by atoms with van der Waals surface area (Å²) in [5, 5.41) is 3.27. The van der Waals surface area contributed by atoms with E-state index in [1.54, 1.807) is 24.1 Å². The number of hydrogen-bond donors (Lipinski definition) is 1. The van der Waals surface area contributed by atoms with Crippen molar-refractivity contribution in [2.75, 3.05) is 12.0 Å². The molecule has 2 amide bonds. The largest absolute Gasteiger partial charge is 0.497 e. The highest BCUT2D eigenvalue weighted by molar-refractivity contribution is 6.10. The molecule has 0 radical (unpaired) electrons. The summed E-state index contributed by atoms with van der Waals surface area (Å²) in [6, 6.07) is 23.9. The van der Waals surface area contributed by atoms with Crippen LogP contribution in [0.4, 0.5) is 5.69 Å². The van der Waals surface area contributed by atoms with Crippen molar-refractivity contribution < 1.29 is 14.3 Å². The molecule has 0 bridgehead atoms. The van der Waals surface area contributed by atoms with Crippen LogP contribution in [0.5, 0.6) is 5.75 Å². The van der Waals surface area contributed by atoms with Crippen LogP contribution in [-0.4, -0.2) is 25.0 Å². The molecule has 194 valence electrons. The third kappa shape index (κ3) is 6.40. The summed E-state index contributed by atoms with van der Waals surface area (Å²) < 4.78 is 5.36. The molecule has 4 rings (SSSR count). The van der Waals surface area contributed by atoms with Crippen molar-refractivity contribution in [1.82, 2.24) is 5.32 Å². The first-order chi connectivity index (χ1) is 17.8. The Morgan fingerprint density at radius 1 is 0.865 bits per heavy atom. The van der Waals surface area contributed by atoms with Crippen molar-refractivity contribution >= 4 is 17.5 Å². The zero-order valence-electron chi connectivity index (χ0n) is 22.4. The molecule has 3 aromatic carbocycles. The maximum atomic E-state index is 14.1. The van der Waals surface area contributed by atoms with Crippen LogP contribution in [0.3, 0.4) is 0 Å². The zero-order valence-corrected chi connectivity index (χ0v) is 22.4. The molecule has 1 fully saturated rings. The number of nitrogens with zero attached hydrogens (tertiary/aromatic N) is 1. The maximum absolute atomic E-state index is 14.1. The summed E-state index contributed by atoms with van der Waals surface area (Å²) >= 11 is 0. The van der Waals surface area contributed by atoms with Gasteiger partial charge in [-0.1, -0.05) is 82.5 Å². The standard InChI is InChI=1S/C32H38N2O3/c1-32(2,3)25-17-19-27(20-18-25)34(31(36)24-11-7-5-8-12-24)29(23-15-21-28(37-4)22-16-23)30(35)33-26-13-9-6-10-14-26/h5,7-8,11-12,15-22,26,29H,6,9-10,13-14H2,1-4H3,(H,33,35). The van der Waals surface area contributed by atoms with E-state index >= 15 is 0 Å². The molecule has 1 aliphatic rings. The van der Waals surface area contributed by atoms with Gasteiger partial charge >= 0.3 is 0 Å². The summed E-state index contributed by atoms with van der Waals surface area (Å²) in [4.78, 5) is 29.7. The minimum atomic E-state index is -0.832. The Labute approximate surface area is 220 Å². The van der Waals surface area contributed by atoms with Gasteiger partial charge in [0.25, 0.3) is 5.91 Å². The third-order valence-corrected chi connectivity index (χ3v) is 7.14. The molecule has 1 N–H and O–H groups in total. The van der Waals surface area contributed by atoms with Crippen molar-refractivity contribution in [2.24, 2.45) is 0 Å². The van der Waals surface area contributed by atoms with Crippen LogP contribution in [0.25, 0.3) is 0 Å². The monoisotopic (exact) mass is 498 g/mol. The molecule has 0 saturated heterocycles. The van der Waals surface area contributed by atoms with Gasteiger partial charge in [-0.2, -0.15) is 0 Å². The van der Waals surface area contributed by atoms with Crippen LogP contribution in [0, 0.1) is 0 Å². The average molecular weight is 499 g/mol. The van der Waals surface area contributed by atoms with E-state index < -0.39 is 6.04 Å². The highest BCUT2D eigenvalue weighted by atomic mass is 16.5. The van der Waals surface area contributed by atoms with Gasteiger partial charge in [0.05, 0.1) is 7.11 Å². The van der Waals surface area contributed by atoms with Crippen LogP contribution in [-0.2, 0) is 10.2 Å². The highest BCUT2D eigenvalue weighted by Gasteiger charge is 2.35. The number of ether oxygens (including phenoxy) is 1. The SMILES string of the molecule is COc1ccc(C(C(=O)NC2CCCCC2)N(C(=O)c2ccccc2)c2ccc(C(C)(C)C)cc2)cc1. The van der Waals surface area contributed by atoms with E-state index in [2.05, 4.69) is 26.1 Å². The molecule has 37 heavy (non-hydrogen) atoms. The van der Waals surface area contributed by atoms with Gasteiger partial charge in [0.1, 0.15) is 11.8 Å². The van der Waals surface area contributed by atoms with Crippen LogP contribution in [0.1, 0.15) is 80.4 Å². The molecule has 1 unspecified atom stereocenters. The number of amides is 2. The molecule has 0 heterocycles. The van der Waals surface area contributed by atoms with E-state index in [1.807, 2.05) is 66.7 Å². The smallest absolute Gasteiger partial charge is 0.259 e. The van der Waals surface area contributed by atoms with Gasteiger partial charge in [-0.3, -0.25) is 14.5 Å². The molecule has 0 aromatic heterocycles. The number of anilines is 1. The second-order valence-corrected chi connectivity index (χ2v) is 10.9. The summed E-state index contributed by atoms with van der Waals surface area (Å²) in [6.07, 6.45) is 5.35. The molecule has 1 aliphatic carbocycles. The van der Waals surface area contributed by atoms with Gasteiger partial charge in [-0.25, -0.2) is 0 Å². The second kappa shape index (κ2) is 11.6. The second-order valence-electron chi connectivity index (χ2n) is 10.9. The van der Waals surface area contributed by atoms with Gasteiger partial charge in [0.15, 0.2) is 0 Å². The number of carbonyl (C=O) groups is 2. The highest BCUT2D eigenvalue weighted by Crippen LogP contribution is 2.33. The van der Waals surface area contributed by atoms with Crippen molar-refractivity contribution in [3.8, 4) is 5.75 Å². The first-order valence-corrected chi connectivity index (χ1v) is 13.2. The average Bonchev–Trinajstić information content (AvgIpc) is 2.92. The fraction of sp³-hybridized carbons (Fsp3) is 0.375. The lowest BCUT2D eigenvalue weighted by molar-refractivity contribution is -0.123. The quantitative estimate of drug-likeness (QED) is 0.388. The Balaban J connectivity index is 1.81. The zero-order chi connectivity index (χ0) is 26.4. The number of methoxy groups -OCH3 is 1. The Morgan fingerprint density at radius 2 is 1.49 bits per heavy atom. The maximum Gasteiger partial charge on any atom is 0.259 e. The Kier molecular flexibility index (Phi) is 8.32. The Hall–Kier alpha value is -3.60. The van der Waals surface area contributed by atoms with Crippen LogP contribution < -0.4 is 15.0 Å². The topological polar surface area (TPSA) is 58.6 Å². The predicted octanol–water partition coefficient (Wildman–Crippen LogP) is 6.83. The van der Waals surface area contributed by atoms with Gasteiger partial charge in [0.2, 0.25) is 5.91 Å². The molecular formula is C32H38N2O3. The van der Waals surface area contributed by atoms with Gasteiger partial charge < -0.3 is 10.1 Å². The molecular weight excluding hydrogens is 460 g/mol. The molecule has 0 aliphatic heterocycles. The minimum Gasteiger partial charge on any atom is -0.497 e. The van der Waals surface area contributed by atoms with Gasteiger partial charge in [-0.05, 0) is 65.8 Å². The number of benzene rings is 3. The van der Waals surface area contributed by atoms with E-state index in [4.69, 9.17) is 4.74 Å². The van der Waals surface area contributed by atoms with Gasteiger partial charge in [0, 0.05) is 17.3 Å². The van der Waals surface area contributed by atoms with Crippen molar-refractivity contribution in [2.45, 2.75) is 70.4 Å². The number of rotatable bonds is 7. The van der Waals surface area contributed by atoms with E-state index in [9.17, 15) is 9.59 Å². The van der Waals surface area contributed by atoms with Crippen molar-refractivity contribution in [3.63, 3.8) is 0 Å². The molecule has 1 saturated carbocycles. The fourth-order valence-electron chi connectivity index (χ4n) is 4.96. The predicted molar refractivity (Wildman–Crippen MR) is 149 cm³/mol. The number of nitrogens with one attached hydrogen (secondary N) is 1. The number of hydrogen-bond acceptors (Lipinski definition) is 3. The molecule has 5 nitrogen and oxygen atoms in total. The summed E-state index contributed by atoms with van der Waals surface area (Å²) in [6.45, 7) is 6.48. The summed E-state index contributed by atoms with van der Waals surface area (Å²) in [7, 11) is 1.62. The lowest BCUT2D eigenvalue weighted by atomic mass is 9.87. The normalized spacial score (nSPS) is 15.0. The van der Waals surface area contributed by atoms with Gasteiger partial charge in [-0.15, -0.1) is 0 Å². The number of carbonyl (C=O) groups excluding carboxylic acids is 2. The first kappa shape index (κ1) is 26.5. The van der Waals surface area contributed by atoms with E-state index in [-0.39, 0.29) is 23.3 Å². The Bertz CT molecular complexity index is 1180.